The summed E-state index contributed by atoms with van der Waals surface area (Å²) in [5.41, 5.74) is -0.921. The number of carbonyl (C=O) groups excluding carboxylic acids is 1. The fourth-order valence-electron chi connectivity index (χ4n) is 2.16. The maximum absolute atomic E-state index is 13.6. The maximum Gasteiger partial charge on any atom is 0.265 e. The first-order valence-electron chi connectivity index (χ1n) is 7.56. The monoisotopic (exact) mass is 417 g/mol. The van der Waals surface area contributed by atoms with Crippen LogP contribution in [0.15, 0.2) is 35.7 Å². The number of ether oxygens (including phenoxy) is 1. The molecule has 1 amide bonds. The van der Waals surface area contributed by atoms with Crippen LogP contribution in [0.4, 0.5) is 32.0 Å². The van der Waals surface area contributed by atoms with E-state index in [1.165, 1.54) is 35.7 Å². The first-order chi connectivity index (χ1) is 13.3. The molecule has 0 bridgehead atoms. The van der Waals surface area contributed by atoms with E-state index in [2.05, 4.69) is 0 Å². The molecule has 0 atom stereocenters. The van der Waals surface area contributed by atoms with Crippen LogP contribution < -0.4 is 10.1 Å². The molecule has 1 heterocycles. The topological polar surface area (TPSA) is 38.3 Å². The quantitative estimate of drug-likeness (QED) is 0.342. The van der Waals surface area contributed by atoms with E-state index in [9.17, 15) is 31.1 Å². The third-order valence-corrected chi connectivity index (χ3v) is 4.52. The highest BCUT2D eigenvalue weighted by molar-refractivity contribution is 7.12. The molecule has 3 nitrogen and oxygen atoms in total. The van der Waals surface area contributed by atoms with E-state index in [4.69, 9.17) is 4.74 Å². The fourth-order valence-corrected chi connectivity index (χ4v) is 2.95. The molecular weight excluding hydrogens is 408 g/mol. The lowest BCUT2D eigenvalue weighted by atomic mass is 10.2. The number of rotatable bonds is 5. The Bertz CT molecular complexity index is 1010. The van der Waals surface area contributed by atoms with Gasteiger partial charge in [0.05, 0.1) is 4.88 Å². The molecule has 3 rings (SSSR count). The lowest BCUT2D eigenvalue weighted by molar-refractivity contribution is 0.102. The van der Waals surface area contributed by atoms with Crippen molar-refractivity contribution in [3.8, 4) is 5.75 Å². The zero-order valence-electron chi connectivity index (χ0n) is 13.7. The number of hydrogen-bond donors (Lipinski definition) is 1. The number of carbonyl (C=O) groups is 1. The number of thiophene rings is 1. The molecule has 0 aliphatic rings. The van der Waals surface area contributed by atoms with Gasteiger partial charge in [0, 0.05) is 5.56 Å². The second-order valence-corrected chi connectivity index (χ2v) is 6.37. The van der Waals surface area contributed by atoms with Gasteiger partial charge in [-0.25, -0.2) is 26.3 Å². The SMILES string of the molecule is O=C(Nc1c(F)c(F)c(F)c(F)c1F)c1cc(COc2ccc(F)cc2)cs1. The summed E-state index contributed by atoms with van der Waals surface area (Å²) >= 11 is 0.879. The Morgan fingerprint density at radius 3 is 2.07 bits per heavy atom. The summed E-state index contributed by atoms with van der Waals surface area (Å²) in [6, 6.07) is 6.53. The molecule has 28 heavy (non-hydrogen) atoms. The van der Waals surface area contributed by atoms with Crippen LogP contribution in [0.2, 0.25) is 0 Å². The Balaban J connectivity index is 1.72. The van der Waals surface area contributed by atoms with E-state index in [0.717, 1.165) is 11.3 Å². The Morgan fingerprint density at radius 1 is 0.893 bits per heavy atom. The minimum Gasteiger partial charge on any atom is -0.489 e. The zero-order chi connectivity index (χ0) is 20.4. The van der Waals surface area contributed by atoms with E-state index in [0.29, 0.717) is 11.3 Å². The average molecular weight is 417 g/mol. The van der Waals surface area contributed by atoms with Crippen molar-refractivity contribution in [3.63, 3.8) is 0 Å². The standard InChI is InChI=1S/C18H9F6NO2S/c19-9-1-3-10(4-2-9)27-6-8-5-11(28-7-8)18(26)25-17-15(23)13(21)12(20)14(22)16(17)24/h1-5,7H,6H2,(H,25,26). The van der Waals surface area contributed by atoms with E-state index in [-0.39, 0.29) is 11.5 Å². The summed E-state index contributed by atoms with van der Waals surface area (Å²) in [5.74, 6) is -12.0. The fraction of sp³-hybridized carbons (Fsp3) is 0.0556. The van der Waals surface area contributed by atoms with Crippen LogP contribution in [-0.4, -0.2) is 5.91 Å². The predicted molar refractivity (Wildman–Crippen MR) is 89.2 cm³/mol. The van der Waals surface area contributed by atoms with Crippen LogP contribution >= 0.6 is 11.3 Å². The Morgan fingerprint density at radius 2 is 1.46 bits per heavy atom. The smallest absolute Gasteiger partial charge is 0.265 e. The van der Waals surface area contributed by atoms with Crippen LogP contribution in [0.5, 0.6) is 5.75 Å². The number of hydrogen-bond acceptors (Lipinski definition) is 3. The highest BCUT2D eigenvalue weighted by Gasteiger charge is 2.27. The van der Waals surface area contributed by atoms with Crippen molar-refractivity contribution in [2.75, 3.05) is 5.32 Å². The highest BCUT2D eigenvalue weighted by Crippen LogP contribution is 2.28. The van der Waals surface area contributed by atoms with Gasteiger partial charge in [-0.1, -0.05) is 0 Å². The molecule has 2 aromatic carbocycles. The number of anilines is 1. The van der Waals surface area contributed by atoms with E-state index in [1.54, 1.807) is 5.32 Å². The number of halogens is 6. The summed E-state index contributed by atoms with van der Waals surface area (Å²) in [7, 11) is 0. The maximum atomic E-state index is 13.6. The Kier molecular flexibility index (Phi) is 5.59. The predicted octanol–water partition coefficient (Wildman–Crippen LogP) is 5.41. The summed E-state index contributed by atoms with van der Waals surface area (Å²) in [6.45, 7) is 0.0118. The molecule has 0 aliphatic heterocycles. The number of benzene rings is 2. The van der Waals surface area contributed by atoms with Crippen LogP contribution in [-0.2, 0) is 6.61 Å². The van der Waals surface area contributed by atoms with E-state index < -0.39 is 46.5 Å². The minimum atomic E-state index is -2.32. The van der Waals surface area contributed by atoms with Crippen molar-refractivity contribution < 1.29 is 35.9 Å². The van der Waals surface area contributed by atoms with Crippen molar-refractivity contribution in [2.45, 2.75) is 6.61 Å². The lowest BCUT2D eigenvalue weighted by Crippen LogP contribution is -2.16. The molecule has 0 aliphatic carbocycles. The van der Waals surface area contributed by atoms with Crippen molar-refractivity contribution >= 4 is 22.9 Å². The molecule has 0 fully saturated rings. The van der Waals surface area contributed by atoms with Crippen LogP contribution in [0.1, 0.15) is 15.2 Å². The summed E-state index contributed by atoms with van der Waals surface area (Å²) in [5, 5.41) is 3.20. The van der Waals surface area contributed by atoms with E-state index in [1.807, 2.05) is 0 Å². The van der Waals surface area contributed by atoms with Crippen molar-refractivity contribution in [3.05, 3.63) is 81.1 Å². The van der Waals surface area contributed by atoms with Crippen LogP contribution in [0.3, 0.4) is 0 Å². The third-order valence-electron chi connectivity index (χ3n) is 3.55. The Hall–Kier alpha value is -3.01. The second-order valence-electron chi connectivity index (χ2n) is 5.46. The van der Waals surface area contributed by atoms with Gasteiger partial charge in [-0.2, -0.15) is 0 Å². The Labute approximate surface area is 158 Å². The van der Waals surface area contributed by atoms with Crippen LogP contribution in [0.25, 0.3) is 0 Å². The molecule has 1 aromatic heterocycles. The molecule has 0 saturated carbocycles. The van der Waals surface area contributed by atoms with Gasteiger partial charge in [0.25, 0.3) is 5.91 Å². The molecule has 1 N–H and O–H groups in total. The molecule has 0 spiro atoms. The van der Waals surface area contributed by atoms with Gasteiger partial charge in [-0.3, -0.25) is 4.79 Å². The second kappa shape index (κ2) is 7.93. The number of amides is 1. The van der Waals surface area contributed by atoms with Gasteiger partial charge in [0.15, 0.2) is 23.3 Å². The zero-order valence-corrected chi connectivity index (χ0v) is 14.5. The van der Waals surface area contributed by atoms with Gasteiger partial charge in [0.1, 0.15) is 23.9 Å². The van der Waals surface area contributed by atoms with Gasteiger partial charge < -0.3 is 10.1 Å². The highest BCUT2D eigenvalue weighted by atomic mass is 32.1. The van der Waals surface area contributed by atoms with Crippen LogP contribution in [0, 0.1) is 34.9 Å². The van der Waals surface area contributed by atoms with Crippen molar-refractivity contribution in [1.29, 1.82) is 0 Å². The molecule has 0 radical (unpaired) electrons. The molecule has 3 aromatic rings. The van der Waals surface area contributed by atoms with Gasteiger partial charge in [-0.15, -0.1) is 11.3 Å². The summed E-state index contributed by atoms with van der Waals surface area (Å²) < 4.78 is 84.9. The molecule has 10 heteroatoms. The number of nitrogens with one attached hydrogen (secondary N) is 1. The average Bonchev–Trinajstić information content (AvgIpc) is 3.17. The van der Waals surface area contributed by atoms with E-state index >= 15 is 0 Å². The first-order valence-corrected chi connectivity index (χ1v) is 8.44. The van der Waals surface area contributed by atoms with Gasteiger partial charge >= 0.3 is 0 Å². The first kappa shape index (κ1) is 19.7. The molecule has 146 valence electrons. The third kappa shape index (κ3) is 3.96. The molecular formula is C18H9F6NO2S. The van der Waals surface area contributed by atoms with Crippen molar-refractivity contribution in [2.24, 2.45) is 0 Å². The van der Waals surface area contributed by atoms with Gasteiger partial charge in [-0.05, 0) is 35.7 Å². The molecule has 0 saturated heterocycles. The molecule has 0 unspecified atom stereocenters. The van der Waals surface area contributed by atoms with Gasteiger partial charge in [0.2, 0.25) is 5.82 Å². The lowest BCUT2D eigenvalue weighted by Gasteiger charge is -2.09. The summed E-state index contributed by atoms with van der Waals surface area (Å²) in [4.78, 5) is 12.1. The largest absolute Gasteiger partial charge is 0.489 e. The van der Waals surface area contributed by atoms with Crippen molar-refractivity contribution in [1.82, 2.24) is 0 Å². The normalized spacial score (nSPS) is 10.8. The summed E-state index contributed by atoms with van der Waals surface area (Å²) in [6.07, 6.45) is 0. The minimum absolute atomic E-state index is 0.0118.